The van der Waals surface area contributed by atoms with Gasteiger partial charge in [-0.05, 0) is 76.2 Å². The molecule has 12 nitrogen and oxygen atoms in total. The van der Waals surface area contributed by atoms with Crippen LogP contribution in [0.1, 0.15) is 99.4 Å². The van der Waals surface area contributed by atoms with Crippen molar-refractivity contribution in [1.82, 2.24) is 25.3 Å². The molecule has 1 atom stereocenters. The molecule has 0 spiro atoms. The first-order valence-corrected chi connectivity index (χ1v) is 20.9. The van der Waals surface area contributed by atoms with Gasteiger partial charge in [0, 0.05) is 69.1 Å². The second-order valence-corrected chi connectivity index (χ2v) is 15.3. The number of benzene rings is 1. The van der Waals surface area contributed by atoms with E-state index in [9.17, 15) is 23.6 Å². The quantitative estimate of drug-likeness (QED) is 0.0732. The highest BCUT2D eigenvalue weighted by atomic mass is 19.1. The summed E-state index contributed by atoms with van der Waals surface area (Å²) in [6.45, 7) is 9.87. The normalized spacial score (nSPS) is 18.4. The molecular weight excluding hydrogens is 726 g/mol. The smallest absolute Gasteiger partial charge is 0.256 e. The summed E-state index contributed by atoms with van der Waals surface area (Å²) in [5, 5.41) is 14.1. The van der Waals surface area contributed by atoms with Crippen LogP contribution in [-0.2, 0) is 25.5 Å². The molecule has 0 radical (unpaired) electrons. The van der Waals surface area contributed by atoms with E-state index < -0.39 is 17.6 Å². The van der Waals surface area contributed by atoms with E-state index in [0.29, 0.717) is 68.8 Å². The van der Waals surface area contributed by atoms with E-state index in [1.807, 2.05) is 20.2 Å². The van der Waals surface area contributed by atoms with E-state index in [-0.39, 0.29) is 35.8 Å². The number of primary amides is 1. The molecule has 5 rings (SSSR count). The largest absolute Gasteiger partial charge is 0.375 e. The molecule has 316 valence electrons. The molecule has 1 aromatic rings. The van der Waals surface area contributed by atoms with Crippen molar-refractivity contribution in [2.75, 3.05) is 66.5 Å². The van der Waals surface area contributed by atoms with Crippen LogP contribution in [0.4, 0.5) is 4.39 Å². The molecule has 4 aliphatic rings. The van der Waals surface area contributed by atoms with Gasteiger partial charge in [-0.25, -0.2) is 4.39 Å². The fourth-order valence-electron chi connectivity index (χ4n) is 8.13. The van der Waals surface area contributed by atoms with Crippen LogP contribution in [0.2, 0.25) is 0 Å². The summed E-state index contributed by atoms with van der Waals surface area (Å²) >= 11 is 0. The number of hydrogen-bond acceptors (Lipinski definition) is 8. The van der Waals surface area contributed by atoms with E-state index >= 15 is 0 Å². The first kappa shape index (κ1) is 47.2. The second-order valence-electron chi connectivity index (χ2n) is 15.3. The minimum absolute atomic E-state index is 0.0279. The standard InChI is InChI=1S/C40H57FN6O5.C2H7N.C2H4/c41-36-14-13-30(26-37(42)33-11-4-5-12-34(33)39(43)50)25-35(36)40(51)47-23-21-46(22-24-47)38(49)27-45-19-16-32(17-20-45)52-31(15-18-44-28-48)10-6-9-29-7-2-1-3-8-29;1-3-2;1-2/h11-14,25,28-29,31-32,42H,1-10,15-24,26-27H2,(H2,43,50)(H,44,48);3H,1-2H3;1-2H2. The monoisotopic (exact) mass is 794 g/mol. The lowest BCUT2D eigenvalue weighted by molar-refractivity contribution is -0.135. The van der Waals surface area contributed by atoms with E-state index in [0.717, 1.165) is 57.5 Å². The number of nitrogens with one attached hydrogen (secondary N) is 3. The first-order valence-electron chi connectivity index (χ1n) is 20.9. The van der Waals surface area contributed by atoms with Crippen LogP contribution in [0, 0.1) is 17.1 Å². The van der Waals surface area contributed by atoms with Crippen LogP contribution in [0.3, 0.4) is 0 Å². The van der Waals surface area contributed by atoms with Crippen molar-refractivity contribution in [3.05, 3.63) is 71.6 Å². The number of ether oxygens (including phenoxy) is 1. The summed E-state index contributed by atoms with van der Waals surface area (Å²) in [5.41, 5.74) is 7.03. The van der Waals surface area contributed by atoms with Crippen molar-refractivity contribution in [3.8, 4) is 0 Å². The van der Waals surface area contributed by atoms with Crippen molar-refractivity contribution in [2.24, 2.45) is 11.7 Å². The third-order valence-corrected chi connectivity index (χ3v) is 11.1. The number of nitrogens with zero attached hydrogens (tertiary/aromatic N) is 3. The van der Waals surface area contributed by atoms with Crippen molar-refractivity contribution in [2.45, 2.75) is 102 Å². The number of nitrogens with two attached hydrogens (primary N) is 1. The minimum atomic E-state index is -0.635. The first-order chi connectivity index (χ1) is 27.6. The van der Waals surface area contributed by atoms with Crippen LogP contribution in [0.15, 0.2) is 54.7 Å². The number of carbonyl (C=O) groups is 4. The molecule has 3 fully saturated rings. The van der Waals surface area contributed by atoms with Crippen LogP contribution < -0.4 is 16.4 Å². The number of halogens is 1. The summed E-state index contributed by atoms with van der Waals surface area (Å²) in [6, 6.07) is 4.27. The average Bonchev–Trinajstić information content (AvgIpc) is 3.23. The Morgan fingerprint density at radius 2 is 1.58 bits per heavy atom. The lowest BCUT2D eigenvalue weighted by Gasteiger charge is -2.37. The summed E-state index contributed by atoms with van der Waals surface area (Å²) in [5.74, 6) is -0.783. The van der Waals surface area contributed by atoms with Gasteiger partial charge in [0.25, 0.3) is 5.91 Å². The molecule has 0 aromatic heterocycles. The van der Waals surface area contributed by atoms with Gasteiger partial charge in [0.05, 0.1) is 24.3 Å². The fourth-order valence-corrected chi connectivity index (χ4v) is 8.13. The van der Waals surface area contributed by atoms with Crippen LogP contribution in [0.5, 0.6) is 0 Å². The summed E-state index contributed by atoms with van der Waals surface area (Å²) in [7, 11) is 3.75. The lowest BCUT2D eigenvalue weighted by Crippen LogP contribution is -2.53. The number of rotatable bonds is 17. The molecule has 13 heteroatoms. The number of amides is 4. The molecule has 2 heterocycles. The SMILES string of the molecule is C=C.CNC.N=C(Cc1ccc(F)c(C(=O)N2CCN(C(=O)CN3CCC(OC(CCCC4CCCCC4)CCNC=O)CC3)CC2)c1)C1=CCCC=C1C(N)=O. The minimum Gasteiger partial charge on any atom is -0.375 e. The van der Waals surface area contributed by atoms with Crippen LogP contribution in [-0.4, -0.2) is 123 Å². The maximum absolute atomic E-state index is 14.9. The Morgan fingerprint density at radius 3 is 2.21 bits per heavy atom. The molecular formula is C44H68FN7O5. The maximum Gasteiger partial charge on any atom is 0.256 e. The van der Waals surface area contributed by atoms with Gasteiger partial charge >= 0.3 is 0 Å². The van der Waals surface area contributed by atoms with Gasteiger partial charge in [0.15, 0.2) is 0 Å². The zero-order valence-corrected chi connectivity index (χ0v) is 34.5. The zero-order valence-electron chi connectivity index (χ0n) is 34.5. The van der Waals surface area contributed by atoms with E-state index in [1.54, 1.807) is 21.9 Å². The van der Waals surface area contributed by atoms with Crippen molar-refractivity contribution in [3.63, 3.8) is 0 Å². The Kier molecular flexibility index (Phi) is 21.5. The molecule has 2 aliphatic heterocycles. The predicted octanol–water partition coefficient (Wildman–Crippen LogP) is 5.18. The summed E-state index contributed by atoms with van der Waals surface area (Å²) in [6.07, 6.45) is 18.9. The molecule has 1 aromatic carbocycles. The van der Waals surface area contributed by atoms with Gasteiger partial charge in [0.2, 0.25) is 18.2 Å². The Morgan fingerprint density at radius 1 is 0.947 bits per heavy atom. The Balaban J connectivity index is 0.00000166. The molecule has 57 heavy (non-hydrogen) atoms. The van der Waals surface area contributed by atoms with E-state index in [2.05, 4.69) is 28.7 Å². The number of carbonyl (C=O) groups excluding carboxylic acids is 4. The van der Waals surface area contributed by atoms with Crippen molar-refractivity contribution < 1.29 is 28.3 Å². The fraction of sp³-hybridized carbons (Fsp3) is 0.614. The molecule has 4 amide bonds. The topological polar surface area (TPSA) is 161 Å². The number of allylic oxidation sites excluding steroid dienone is 2. The van der Waals surface area contributed by atoms with E-state index in [4.69, 9.17) is 15.9 Å². The van der Waals surface area contributed by atoms with Gasteiger partial charge < -0.3 is 36.3 Å². The van der Waals surface area contributed by atoms with E-state index in [1.165, 1.54) is 50.7 Å². The molecule has 1 unspecified atom stereocenters. The number of hydrogen-bond donors (Lipinski definition) is 4. The third-order valence-electron chi connectivity index (χ3n) is 11.1. The molecule has 5 N–H and O–H groups in total. The van der Waals surface area contributed by atoms with Gasteiger partial charge in [-0.3, -0.25) is 24.1 Å². The van der Waals surface area contributed by atoms with Gasteiger partial charge in [-0.1, -0.05) is 63.2 Å². The molecule has 2 aliphatic carbocycles. The van der Waals surface area contributed by atoms with Crippen molar-refractivity contribution in [1.29, 1.82) is 5.41 Å². The Labute approximate surface area is 340 Å². The highest BCUT2D eigenvalue weighted by Crippen LogP contribution is 2.29. The van der Waals surface area contributed by atoms with Crippen LogP contribution >= 0.6 is 0 Å². The third kappa shape index (κ3) is 15.6. The van der Waals surface area contributed by atoms with Gasteiger partial charge in [-0.15, -0.1) is 13.2 Å². The lowest BCUT2D eigenvalue weighted by atomic mass is 9.85. The van der Waals surface area contributed by atoms with Gasteiger partial charge in [-0.2, -0.15) is 0 Å². The Hall–Kier alpha value is -4.20. The summed E-state index contributed by atoms with van der Waals surface area (Å²) < 4.78 is 21.5. The Bertz CT molecular complexity index is 1510. The average molecular weight is 794 g/mol. The molecule has 1 saturated carbocycles. The predicted molar refractivity (Wildman–Crippen MR) is 225 cm³/mol. The zero-order chi connectivity index (χ0) is 41.6. The van der Waals surface area contributed by atoms with Crippen LogP contribution in [0.25, 0.3) is 0 Å². The summed E-state index contributed by atoms with van der Waals surface area (Å²) in [4.78, 5) is 54.9. The number of likely N-dealkylation sites (tertiary alicyclic amines) is 1. The highest BCUT2D eigenvalue weighted by molar-refractivity contribution is 6.13. The molecule has 0 bridgehead atoms. The highest BCUT2D eigenvalue weighted by Gasteiger charge is 2.30. The molecule has 2 saturated heterocycles. The second kappa shape index (κ2) is 25.9. The van der Waals surface area contributed by atoms with Gasteiger partial charge in [0.1, 0.15) is 5.82 Å². The van der Waals surface area contributed by atoms with Crippen molar-refractivity contribution >= 4 is 29.8 Å². The number of piperazine rings is 1. The maximum atomic E-state index is 14.9. The number of piperidine rings is 1.